The standard InChI is InChI=1S/C13H18N2O2/c1-8-4-5-10(6-9(8)2)11-7-12(15-14-11)13(16)17-3/h4-6,11-12,14-15H,7H2,1-3H3. The summed E-state index contributed by atoms with van der Waals surface area (Å²) in [4.78, 5) is 11.4. The summed E-state index contributed by atoms with van der Waals surface area (Å²) in [5.74, 6) is -0.219. The molecule has 0 spiro atoms. The van der Waals surface area contributed by atoms with E-state index >= 15 is 0 Å². The van der Waals surface area contributed by atoms with Gasteiger partial charge in [-0.3, -0.25) is 4.79 Å². The van der Waals surface area contributed by atoms with Gasteiger partial charge in [0.05, 0.1) is 7.11 Å². The Balaban J connectivity index is 2.10. The number of ether oxygens (including phenoxy) is 1. The second-order valence-corrected chi connectivity index (χ2v) is 4.50. The number of esters is 1. The van der Waals surface area contributed by atoms with Crippen molar-refractivity contribution >= 4 is 5.97 Å². The molecular weight excluding hydrogens is 216 g/mol. The highest BCUT2D eigenvalue weighted by Gasteiger charge is 2.30. The number of hydrazine groups is 1. The number of benzene rings is 1. The van der Waals surface area contributed by atoms with Crippen LogP contribution in [0.5, 0.6) is 0 Å². The summed E-state index contributed by atoms with van der Waals surface area (Å²) >= 11 is 0. The van der Waals surface area contributed by atoms with E-state index in [4.69, 9.17) is 4.74 Å². The normalized spacial score (nSPS) is 23.7. The predicted molar refractivity (Wildman–Crippen MR) is 65.3 cm³/mol. The van der Waals surface area contributed by atoms with Crippen molar-refractivity contribution in [2.24, 2.45) is 0 Å². The lowest BCUT2D eigenvalue weighted by atomic mass is 9.98. The van der Waals surface area contributed by atoms with Crippen LogP contribution in [0.15, 0.2) is 18.2 Å². The molecule has 1 heterocycles. The Morgan fingerprint density at radius 1 is 1.29 bits per heavy atom. The molecule has 1 fully saturated rings. The van der Waals surface area contributed by atoms with Crippen molar-refractivity contribution in [3.8, 4) is 0 Å². The first kappa shape index (κ1) is 12.1. The van der Waals surface area contributed by atoms with Gasteiger partial charge in [-0.05, 0) is 37.0 Å². The van der Waals surface area contributed by atoms with Gasteiger partial charge in [0, 0.05) is 6.04 Å². The first-order valence-electron chi connectivity index (χ1n) is 5.78. The average Bonchev–Trinajstić information content (AvgIpc) is 2.81. The molecule has 92 valence electrons. The van der Waals surface area contributed by atoms with Crippen molar-refractivity contribution in [3.63, 3.8) is 0 Å². The summed E-state index contributed by atoms with van der Waals surface area (Å²) in [6, 6.07) is 6.28. The average molecular weight is 234 g/mol. The van der Waals surface area contributed by atoms with Crippen LogP contribution in [0.4, 0.5) is 0 Å². The van der Waals surface area contributed by atoms with Crippen LogP contribution in [0.1, 0.15) is 29.2 Å². The number of hydrogen-bond donors (Lipinski definition) is 2. The van der Waals surface area contributed by atoms with E-state index in [9.17, 15) is 4.79 Å². The van der Waals surface area contributed by atoms with Crippen LogP contribution in [-0.4, -0.2) is 19.1 Å². The molecule has 2 unspecified atom stereocenters. The summed E-state index contributed by atoms with van der Waals surface area (Å²) in [5, 5.41) is 0. The lowest BCUT2D eigenvalue weighted by molar-refractivity contribution is -0.142. The zero-order valence-electron chi connectivity index (χ0n) is 10.4. The zero-order chi connectivity index (χ0) is 12.4. The van der Waals surface area contributed by atoms with E-state index < -0.39 is 0 Å². The summed E-state index contributed by atoms with van der Waals surface area (Å²) < 4.78 is 4.72. The number of carbonyl (C=O) groups is 1. The number of carbonyl (C=O) groups excluding carboxylic acids is 1. The van der Waals surface area contributed by atoms with Crippen LogP contribution in [0.25, 0.3) is 0 Å². The van der Waals surface area contributed by atoms with E-state index in [1.54, 1.807) is 0 Å². The quantitative estimate of drug-likeness (QED) is 0.759. The Labute approximate surface area is 101 Å². The highest BCUT2D eigenvalue weighted by Crippen LogP contribution is 2.24. The lowest BCUT2D eigenvalue weighted by Gasteiger charge is -2.11. The molecule has 0 aliphatic carbocycles. The van der Waals surface area contributed by atoms with Crippen molar-refractivity contribution < 1.29 is 9.53 Å². The largest absolute Gasteiger partial charge is 0.468 e. The van der Waals surface area contributed by atoms with E-state index in [0.717, 1.165) is 6.42 Å². The molecule has 17 heavy (non-hydrogen) atoms. The molecule has 2 rings (SSSR count). The molecule has 4 nitrogen and oxygen atoms in total. The topological polar surface area (TPSA) is 50.4 Å². The molecule has 0 amide bonds. The third-order valence-electron chi connectivity index (χ3n) is 3.32. The molecule has 0 aromatic heterocycles. The number of aryl methyl sites for hydroxylation is 2. The zero-order valence-corrected chi connectivity index (χ0v) is 10.4. The van der Waals surface area contributed by atoms with Crippen molar-refractivity contribution in [1.29, 1.82) is 0 Å². The van der Waals surface area contributed by atoms with Gasteiger partial charge in [-0.25, -0.2) is 10.9 Å². The summed E-state index contributed by atoms with van der Waals surface area (Å²) in [7, 11) is 1.41. The van der Waals surface area contributed by atoms with Crippen LogP contribution >= 0.6 is 0 Å². The van der Waals surface area contributed by atoms with Gasteiger partial charge in [-0.15, -0.1) is 0 Å². The smallest absolute Gasteiger partial charge is 0.324 e. The van der Waals surface area contributed by atoms with E-state index in [1.807, 2.05) is 0 Å². The highest BCUT2D eigenvalue weighted by molar-refractivity contribution is 5.76. The van der Waals surface area contributed by atoms with Crippen molar-refractivity contribution in [2.75, 3.05) is 7.11 Å². The van der Waals surface area contributed by atoms with Crippen molar-refractivity contribution in [2.45, 2.75) is 32.4 Å². The van der Waals surface area contributed by atoms with Crippen LogP contribution in [0, 0.1) is 13.8 Å². The Kier molecular flexibility index (Phi) is 3.45. The monoisotopic (exact) mass is 234 g/mol. The number of hydrogen-bond acceptors (Lipinski definition) is 4. The Bertz CT molecular complexity index is 431. The minimum atomic E-state index is -0.258. The summed E-state index contributed by atoms with van der Waals surface area (Å²) in [6.07, 6.45) is 0.717. The van der Waals surface area contributed by atoms with Crippen LogP contribution < -0.4 is 10.9 Å². The molecule has 1 aliphatic heterocycles. The van der Waals surface area contributed by atoms with Crippen LogP contribution in [-0.2, 0) is 9.53 Å². The first-order valence-corrected chi connectivity index (χ1v) is 5.78. The third-order valence-corrected chi connectivity index (χ3v) is 3.32. The molecule has 2 atom stereocenters. The minimum Gasteiger partial charge on any atom is -0.468 e. The number of nitrogens with one attached hydrogen (secondary N) is 2. The summed E-state index contributed by atoms with van der Waals surface area (Å²) in [6.45, 7) is 4.19. The Morgan fingerprint density at radius 3 is 2.71 bits per heavy atom. The van der Waals surface area contributed by atoms with Crippen LogP contribution in [0.2, 0.25) is 0 Å². The van der Waals surface area contributed by atoms with Crippen molar-refractivity contribution in [3.05, 3.63) is 34.9 Å². The van der Waals surface area contributed by atoms with E-state index in [0.29, 0.717) is 0 Å². The van der Waals surface area contributed by atoms with Crippen LogP contribution in [0.3, 0.4) is 0 Å². The van der Waals surface area contributed by atoms with Gasteiger partial charge in [0.15, 0.2) is 0 Å². The molecule has 1 aromatic carbocycles. The maximum absolute atomic E-state index is 11.4. The fourth-order valence-electron chi connectivity index (χ4n) is 2.05. The molecule has 0 bridgehead atoms. The van der Waals surface area contributed by atoms with E-state index in [-0.39, 0.29) is 18.1 Å². The van der Waals surface area contributed by atoms with Gasteiger partial charge in [-0.1, -0.05) is 18.2 Å². The van der Waals surface area contributed by atoms with Gasteiger partial charge >= 0.3 is 5.97 Å². The van der Waals surface area contributed by atoms with E-state index in [1.165, 1.54) is 23.8 Å². The Morgan fingerprint density at radius 2 is 2.06 bits per heavy atom. The lowest BCUT2D eigenvalue weighted by Crippen LogP contribution is -2.36. The molecule has 4 heteroatoms. The molecule has 1 aliphatic rings. The fraction of sp³-hybridized carbons (Fsp3) is 0.462. The van der Waals surface area contributed by atoms with Gasteiger partial charge < -0.3 is 4.74 Å². The van der Waals surface area contributed by atoms with Gasteiger partial charge in [0.1, 0.15) is 6.04 Å². The second-order valence-electron chi connectivity index (χ2n) is 4.50. The molecular formula is C13H18N2O2. The third kappa shape index (κ3) is 2.48. The first-order chi connectivity index (χ1) is 8.11. The Hall–Kier alpha value is -1.39. The fourth-order valence-corrected chi connectivity index (χ4v) is 2.05. The maximum Gasteiger partial charge on any atom is 0.324 e. The molecule has 1 saturated heterocycles. The summed E-state index contributed by atoms with van der Waals surface area (Å²) in [5.41, 5.74) is 9.85. The predicted octanol–water partition coefficient (Wildman–Crippen LogP) is 1.38. The molecule has 1 aromatic rings. The van der Waals surface area contributed by atoms with Gasteiger partial charge in [0.2, 0.25) is 0 Å². The molecule has 0 saturated carbocycles. The maximum atomic E-state index is 11.4. The van der Waals surface area contributed by atoms with E-state index in [2.05, 4.69) is 42.9 Å². The minimum absolute atomic E-state index is 0.165. The number of methoxy groups -OCH3 is 1. The molecule has 0 radical (unpaired) electrons. The van der Waals surface area contributed by atoms with Gasteiger partial charge in [-0.2, -0.15) is 0 Å². The molecule has 2 N–H and O–H groups in total. The van der Waals surface area contributed by atoms with Gasteiger partial charge in [0.25, 0.3) is 0 Å². The number of rotatable bonds is 2. The van der Waals surface area contributed by atoms with Crippen molar-refractivity contribution in [1.82, 2.24) is 10.9 Å². The highest BCUT2D eigenvalue weighted by atomic mass is 16.5. The second kappa shape index (κ2) is 4.85. The SMILES string of the molecule is COC(=O)C1CC(c2ccc(C)c(C)c2)NN1.